The summed E-state index contributed by atoms with van der Waals surface area (Å²) >= 11 is 0. The van der Waals surface area contributed by atoms with Crippen LogP contribution in [-0.4, -0.2) is 18.3 Å². The number of hydrogen-bond acceptors (Lipinski definition) is 3. The van der Waals surface area contributed by atoms with Gasteiger partial charge in [0.1, 0.15) is 11.2 Å². The molecule has 1 aliphatic rings. The third-order valence-corrected chi connectivity index (χ3v) is 6.35. The molecule has 0 radical (unpaired) electrons. The fourth-order valence-corrected chi connectivity index (χ4v) is 3.83. The van der Waals surface area contributed by atoms with Crippen LogP contribution in [0.5, 0.6) is 0 Å². The van der Waals surface area contributed by atoms with Crippen LogP contribution in [0, 0.1) is 6.57 Å². The predicted octanol–water partition coefficient (Wildman–Crippen LogP) is 6.10. The van der Waals surface area contributed by atoms with E-state index in [4.69, 9.17) is 20.3 Å². The molecule has 1 aliphatic heterocycles. The fraction of sp³-hybridized carbons (Fsp3) is 0.240. The molecule has 0 saturated carbocycles. The van der Waals surface area contributed by atoms with Crippen molar-refractivity contribution >= 4 is 40.2 Å². The van der Waals surface area contributed by atoms with Gasteiger partial charge in [-0.1, -0.05) is 42.5 Å². The molecule has 2 heterocycles. The molecule has 1 fully saturated rings. The monoisotopic (exact) mass is 395 g/mol. The van der Waals surface area contributed by atoms with Crippen LogP contribution in [0.3, 0.4) is 0 Å². The Morgan fingerprint density at radius 1 is 0.733 bits per heavy atom. The quantitative estimate of drug-likeness (QED) is 0.304. The molecule has 5 rings (SSSR count). The molecular formula is C25H22BNO3. The Balaban J connectivity index is 1.59. The number of fused-ring (bicyclic) bond motifs is 3. The molecule has 0 N–H and O–H groups in total. The maximum absolute atomic E-state index is 7.13. The maximum Gasteiger partial charge on any atom is 0.494 e. The first kappa shape index (κ1) is 18.9. The molecule has 0 unspecified atom stereocenters. The molecule has 0 aliphatic carbocycles. The molecular weight excluding hydrogens is 373 g/mol. The minimum atomic E-state index is -0.409. The number of nitrogens with zero attached hydrogens (tertiary/aromatic N) is 1. The summed E-state index contributed by atoms with van der Waals surface area (Å²) in [6, 6.07) is 19.9. The highest BCUT2D eigenvalue weighted by atomic mass is 16.7. The second-order valence-corrected chi connectivity index (χ2v) is 8.82. The van der Waals surface area contributed by atoms with Gasteiger partial charge in [-0.25, -0.2) is 4.85 Å². The van der Waals surface area contributed by atoms with E-state index in [0.29, 0.717) is 5.69 Å². The molecule has 3 aromatic carbocycles. The summed E-state index contributed by atoms with van der Waals surface area (Å²) in [5.41, 5.74) is 4.70. The fourth-order valence-electron chi connectivity index (χ4n) is 3.83. The molecule has 148 valence electrons. The number of benzene rings is 3. The van der Waals surface area contributed by atoms with E-state index in [1.165, 1.54) is 0 Å². The third kappa shape index (κ3) is 2.92. The van der Waals surface area contributed by atoms with Gasteiger partial charge in [-0.2, -0.15) is 0 Å². The van der Waals surface area contributed by atoms with Gasteiger partial charge in [-0.3, -0.25) is 0 Å². The zero-order chi connectivity index (χ0) is 21.1. The van der Waals surface area contributed by atoms with Gasteiger partial charge < -0.3 is 13.7 Å². The highest BCUT2D eigenvalue weighted by Crippen LogP contribution is 2.37. The van der Waals surface area contributed by atoms with Crippen LogP contribution in [0.2, 0.25) is 0 Å². The Morgan fingerprint density at radius 2 is 1.30 bits per heavy atom. The first-order valence-electron chi connectivity index (χ1n) is 10.1. The van der Waals surface area contributed by atoms with Gasteiger partial charge in [-0.05, 0) is 62.5 Å². The molecule has 1 aromatic heterocycles. The first-order chi connectivity index (χ1) is 14.3. The Bertz CT molecular complexity index is 1300. The summed E-state index contributed by atoms with van der Waals surface area (Å²) in [5, 5.41) is 2.09. The van der Waals surface area contributed by atoms with E-state index in [-0.39, 0.29) is 11.2 Å². The van der Waals surface area contributed by atoms with Crippen LogP contribution in [-0.2, 0) is 9.31 Å². The molecule has 1 saturated heterocycles. The normalized spacial score (nSPS) is 17.5. The SMILES string of the molecule is [C-]#[N+]c1ccc(-c2ccc3oc4ccc(B5OC(C)(C)C(C)(C)O5)cc4c3c2)cc1. The lowest BCUT2D eigenvalue weighted by Crippen LogP contribution is -2.41. The van der Waals surface area contributed by atoms with Crippen LogP contribution in [0.25, 0.3) is 37.9 Å². The van der Waals surface area contributed by atoms with E-state index < -0.39 is 7.12 Å². The average Bonchev–Trinajstić information content (AvgIpc) is 3.20. The summed E-state index contributed by atoms with van der Waals surface area (Å²) in [5.74, 6) is 0. The Morgan fingerprint density at radius 3 is 1.93 bits per heavy atom. The van der Waals surface area contributed by atoms with Gasteiger partial charge in [0.2, 0.25) is 0 Å². The van der Waals surface area contributed by atoms with Crippen molar-refractivity contribution in [2.24, 2.45) is 0 Å². The smallest absolute Gasteiger partial charge is 0.456 e. The average molecular weight is 395 g/mol. The minimum absolute atomic E-state index is 0.379. The van der Waals surface area contributed by atoms with Crippen LogP contribution < -0.4 is 5.46 Å². The Kier molecular flexibility index (Phi) is 4.08. The van der Waals surface area contributed by atoms with Crippen LogP contribution in [0.15, 0.2) is 65.1 Å². The molecule has 30 heavy (non-hydrogen) atoms. The minimum Gasteiger partial charge on any atom is -0.456 e. The molecule has 5 heteroatoms. The zero-order valence-corrected chi connectivity index (χ0v) is 17.5. The molecule has 0 atom stereocenters. The number of hydrogen-bond donors (Lipinski definition) is 0. The van der Waals surface area contributed by atoms with Crippen molar-refractivity contribution in [2.45, 2.75) is 38.9 Å². The third-order valence-electron chi connectivity index (χ3n) is 6.35. The van der Waals surface area contributed by atoms with Crippen molar-refractivity contribution in [3.8, 4) is 11.1 Å². The van der Waals surface area contributed by atoms with E-state index in [2.05, 4.69) is 44.7 Å². The maximum atomic E-state index is 7.13. The van der Waals surface area contributed by atoms with Crippen molar-refractivity contribution < 1.29 is 13.7 Å². The lowest BCUT2D eigenvalue weighted by Gasteiger charge is -2.32. The Hall–Kier alpha value is -3.07. The van der Waals surface area contributed by atoms with Crippen molar-refractivity contribution in [1.82, 2.24) is 0 Å². The van der Waals surface area contributed by atoms with Gasteiger partial charge in [-0.15, -0.1) is 0 Å². The topological polar surface area (TPSA) is 36.0 Å². The first-order valence-corrected chi connectivity index (χ1v) is 10.1. The largest absolute Gasteiger partial charge is 0.494 e. The lowest BCUT2D eigenvalue weighted by molar-refractivity contribution is 0.00578. The molecule has 0 spiro atoms. The summed E-state index contributed by atoms with van der Waals surface area (Å²) in [4.78, 5) is 3.47. The molecule has 4 aromatic rings. The molecule has 0 amide bonds. The summed E-state index contributed by atoms with van der Waals surface area (Å²) in [6.45, 7) is 15.4. The Labute approximate surface area is 176 Å². The summed E-state index contributed by atoms with van der Waals surface area (Å²) < 4.78 is 18.5. The van der Waals surface area contributed by atoms with Crippen LogP contribution in [0.4, 0.5) is 5.69 Å². The lowest BCUT2D eigenvalue weighted by atomic mass is 9.78. The van der Waals surface area contributed by atoms with E-state index in [9.17, 15) is 0 Å². The highest BCUT2D eigenvalue weighted by molar-refractivity contribution is 6.62. The summed E-state index contributed by atoms with van der Waals surface area (Å²) in [7, 11) is -0.409. The second kappa shape index (κ2) is 6.47. The van der Waals surface area contributed by atoms with E-state index >= 15 is 0 Å². The van der Waals surface area contributed by atoms with Crippen LogP contribution in [0.1, 0.15) is 27.7 Å². The van der Waals surface area contributed by atoms with Crippen molar-refractivity contribution in [3.63, 3.8) is 0 Å². The van der Waals surface area contributed by atoms with Crippen LogP contribution >= 0.6 is 0 Å². The second-order valence-electron chi connectivity index (χ2n) is 8.82. The van der Waals surface area contributed by atoms with Crippen molar-refractivity contribution in [2.75, 3.05) is 0 Å². The van der Waals surface area contributed by atoms with E-state index in [0.717, 1.165) is 38.5 Å². The van der Waals surface area contributed by atoms with E-state index in [1.807, 2.05) is 48.5 Å². The van der Waals surface area contributed by atoms with Gasteiger partial charge in [0.15, 0.2) is 5.69 Å². The number of rotatable bonds is 2. The highest BCUT2D eigenvalue weighted by Gasteiger charge is 2.51. The van der Waals surface area contributed by atoms with Crippen molar-refractivity contribution in [1.29, 1.82) is 0 Å². The van der Waals surface area contributed by atoms with Gasteiger partial charge in [0.05, 0.1) is 17.8 Å². The molecule has 0 bridgehead atoms. The van der Waals surface area contributed by atoms with Crippen molar-refractivity contribution in [3.05, 3.63) is 72.1 Å². The van der Waals surface area contributed by atoms with Gasteiger partial charge in [0.25, 0.3) is 0 Å². The molecule has 4 nitrogen and oxygen atoms in total. The van der Waals surface area contributed by atoms with Gasteiger partial charge >= 0.3 is 7.12 Å². The van der Waals surface area contributed by atoms with Gasteiger partial charge in [0, 0.05) is 10.8 Å². The van der Waals surface area contributed by atoms with E-state index in [1.54, 1.807) is 0 Å². The summed E-state index contributed by atoms with van der Waals surface area (Å²) in [6.07, 6.45) is 0. The standard InChI is InChI=1S/C25H22BNO3/c1-24(2)25(3,4)30-26(29-24)18-9-13-23-21(15-18)20-14-17(8-12-22(20)28-23)16-6-10-19(27-5)11-7-16/h6-15H,1-4H3. The zero-order valence-electron chi connectivity index (χ0n) is 17.5. The number of furan rings is 1. The predicted molar refractivity (Wildman–Crippen MR) is 121 cm³/mol.